The molecular formula is C26H46N6O6. The molecule has 0 radical (unpaired) electrons. The van der Waals surface area contributed by atoms with E-state index in [1.807, 2.05) is 41.5 Å². The molecule has 0 aromatic carbocycles. The van der Waals surface area contributed by atoms with Crippen molar-refractivity contribution in [2.24, 2.45) is 16.6 Å². The molecule has 1 saturated heterocycles. The summed E-state index contributed by atoms with van der Waals surface area (Å²) in [6, 6.07) is -4.60. The molecule has 12 heteroatoms. The van der Waals surface area contributed by atoms with Crippen molar-refractivity contribution in [1.82, 2.24) is 26.2 Å². The van der Waals surface area contributed by atoms with Crippen LogP contribution in [-0.4, -0.2) is 76.6 Å². The van der Waals surface area contributed by atoms with Crippen LogP contribution in [0.5, 0.6) is 0 Å². The molecule has 1 heterocycles. The fourth-order valence-electron chi connectivity index (χ4n) is 4.13. The summed E-state index contributed by atoms with van der Waals surface area (Å²) in [5.74, 6) is -3.50. The van der Waals surface area contributed by atoms with Crippen molar-refractivity contribution in [2.45, 2.75) is 112 Å². The van der Waals surface area contributed by atoms with E-state index in [4.69, 9.17) is 5.73 Å². The zero-order valence-electron chi connectivity index (χ0n) is 24.4. The molecule has 0 saturated carbocycles. The standard InChI is InChI=1S/C26H46N6O6/c1-14(16(33)19(27)34)28-20(35)15-12-11-13-32(15)22(37)18(25(5,6)7)30-23(38)29-17(24(2,3)4)21(36)31-26(8,9)10/h14-15,17-18H,11-13H2,1-10H3,(H2,27,34)(H,28,35)(H,31,36)(H2,29,30,38). The second-order valence-corrected chi connectivity index (χ2v) is 13.1. The highest BCUT2D eigenvalue weighted by Gasteiger charge is 2.43. The molecule has 1 fully saturated rings. The molecule has 6 amide bonds. The number of Topliss-reactive ketones (excluding diaryl/α,β-unsaturated/α-hetero) is 1. The van der Waals surface area contributed by atoms with Crippen LogP contribution in [0.1, 0.15) is 82.1 Å². The summed E-state index contributed by atoms with van der Waals surface area (Å²) in [5, 5.41) is 10.8. The molecule has 0 spiro atoms. The van der Waals surface area contributed by atoms with Gasteiger partial charge in [-0.05, 0) is 51.4 Å². The van der Waals surface area contributed by atoms with Crippen LogP contribution in [0.3, 0.4) is 0 Å². The highest BCUT2D eigenvalue weighted by molar-refractivity contribution is 6.37. The molecule has 1 aliphatic rings. The number of nitrogens with two attached hydrogens (primary N) is 1. The first-order valence-corrected chi connectivity index (χ1v) is 12.9. The van der Waals surface area contributed by atoms with Gasteiger partial charge in [0.2, 0.25) is 23.5 Å². The zero-order chi connectivity index (χ0) is 29.8. The number of likely N-dealkylation sites (tertiary alicyclic amines) is 1. The van der Waals surface area contributed by atoms with E-state index in [9.17, 15) is 28.8 Å². The minimum absolute atomic E-state index is 0.281. The lowest BCUT2D eigenvalue weighted by atomic mass is 9.85. The first-order valence-electron chi connectivity index (χ1n) is 12.9. The number of primary amides is 1. The Balaban J connectivity index is 3.10. The molecule has 38 heavy (non-hydrogen) atoms. The number of hydrogen-bond donors (Lipinski definition) is 5. The average Bonchev–Trinajstić information content (AvgIpc) is 3.21. The van der Waals surface area contributed by atoms with Gasteiger partial charge in [-0.1, -0.05) is 41.5 Å². The van der Waals surface area contributed by atoms with E-state index in [1.54, 1.807) is 20.8 Å². The number of nitrogens with zero attached hydrogens (tertiary/aromatic N) is 1. The van der Waals surface area contributed by atoms with Gasteiger partial charge in [-0.15, -0.1) is 0 Å². The first-order chi connectivity index (χ1) is 17.1. The van der Waals surface area contributed by atoms with Crippen LogP contribution >= 0.6 is 0 Å². The SMILES string of the molecule is CC(NC(=O)C1CCCN1C(=O)C(NC(=O)NC(C(=O)NC(C)(C)C)C(C)(C)C)C(C)(C)C)C(=O)C(N)=O. The van der Waals surface area contributed by atoms with Gasteiger partial charge in [-0.2, -0.15) is 0 Å². The average molecular weight is 539 g/mol. The van der Waals surface area contributed by atoms with Gasteiger partial charge in [0, 0.05) is 12.1 Å². The summed E-state index contributed by atoms with van der Waals surface area (Å²) in [6.07, 6.45) is 0.904. The second-order valence-electron chi connectivity index (χ2n) is 13.1. The second kappa shape index (κ2) is 12.1. The van der Waals surface area contributed by atoms with Crippen LogP contribution in [0.2, 0.25) is 0 Å². The number of carbonyl (C=O) groups excluding carboxylic acids is 6. The van der Waals surface area contributed by atoms with Crippen molar-refractivity contribution in [1.29, 1.82) is 0 Å². The van der Waals surface area contributed by atoms with Crippen LogP contribution in [0.4, 0.5) is 4.79 Å². The number of urea groups is 1. The van der Waals surface area contributed by atoms with Crippen molar-refractivity contribution in [2.75, 3.05) is 6.54 Å². The van der Waals surface area contributed by atoms with E-state index in [2.05, 4.69) is 21.3 Å². The lowest BCUT2D eigenvalue weighted by Gasteiger charge is -2.37. The third-order valence-electron chi connectivity index (χ3n) is 6.12. The maximum Gasteiger partial charge on any atom is 0.316 e. The number of ketones is 1. The lowest BCUT2D eigenvalue weighted by Crippen LogP contribution is -2.63. The smallest absolute Gasteiger partial charge is 0.316 e. The minimum Gasteiger partial charge on any atom is -0.363 e. The molecule has 12 nitrogen and oxygen atoms in total. The van der Waals surface area contributed by atoms with E-state index in [0.717, 1.165) is 0 Å². The highest BCUT2D eigenvalue weighted by Crippen LogP contribution is 2.26. The molecule has 1 rings (SSSR count). The fourth-order valence-corrected chi connectivity index (χ4v) is 4.13. The Hall–Kier alpha value is -3.18. The number of amides is 6. The van der Waals surface area contributed by atoms with Gasteiger partial charge in [0.25, 0.3) is 5.91 Å². The van der Waals surface area contributed by atoms with Crippen LogP contribution in [0.15, 0.2) is 0 Å². The van der Waals surface area contributed by atoms with Gasteiger partial charge in [0.05, 0.1) is 6.04 Å². The fraction of sp³-hybridized carbons (Fsp3) is 0.769. The minimum atomic E-state index is -1.16. The Kier molecular flexibility index (Phi) is 10.5. The maximum absolute atomic E-state index is 13.7. The van der Waals surface area contributed by atoms with Crippen LogP contribution in [-0.2, 0) is 24.0 Å². The molecule has 6 N–H and O–H groups in total. The topological polar surface area (TPSA) is 180 Å². The molecule has 216 valence electrons. The Bertz CT molecular complexity index is 943. The van der Waals surface area contributed by atoms with Gasteiger partial charge in [-0.3, -0.25) is 24.0 Å². The Labute approximate surface area is 225 Å². The third-order valence-corrected chi connectivity index (χ3v) is 6.12. The van der Waals surface area contributed by atoms with E-state index in [0.29, 0.717) is 12.8 Å². The molecule has 0 aliphatic carbocycles. The Morgan fingerprint density at radius 2 is 1.32 bits per heavy atom. The summed E-state index contributed by atoms with van der Waals surface area (Å²) in [6.45, 7) is 18.0. The predicted octanol–water partition coefficient (Wildman–Crippen LogP) is 0.580. The molecule has 4 atom stereocenters. The molecule has 4 unspecified atom stereocenters. The molecule has 0 bridgehead atoms. The van der Waals surface area contributed by atoms with Gasteiger partial charge in [-0.25, -0.2) is 4.79 Å². The van der Waals surface area contributed by atoms with Crippen molar-refractivity contribution in [3.63, 3.8) is 0 Å². The van der Waals surface area contributed by atoms with Gasteiger partial charge < -0.3 is 31.9 Å². The zero-order valence-corrected chi connectivity index (χ0v) is 24.4. The quantitative estimate of drug-likeness (QED) is 0.282. The van der Waals surface area contributed by atoms with Gasteiger partial charge in [0.15, 0.2) is 0 Å². The number of rotatable bonds is 8. The maximum atomic E-state index is 13.7. The monoisotopic (exact) mass is 538 g/mol. The van der Waals surface area contributed by atoms with Crippen LogP contribution in [0.25, 0.3) is 0 Å². The first kappa shape index (κ1) is 32.8. The Morgan fingerprint density at radius 3 is 1.76 bits per heavy atom. The van der Waals surface area contributed by atoms with E-state index >= 15 is 0 Å². The van der Waals surface area contributed by atoms with Crippen LogP contribution < -0.4 is 27.0 Å². The third kappa shape index (κ3) is 9.29. The largest absolute Gasteiger partial charge is 0.363 e. The summed E-state index contributed by atoms with van der Waals surface area (Å²) >= 11 is 0. The van der Waals surface area contributed by atoms with Crippen molar-refractivity contribution in [3.05, 3.63) is 0 Å². The lowest BCUT2D eigenvalue weighted by molar-refractivity contribution is -0.143. The Morgan fingerprint density at radius 1 is 0.816 bits per heavy atom. The van der Waals surface area contributed by atoms with Crippen molar-refractivity contribution in [3.8, 4) is 0 Å². The highest BCUT2D eigenvalue weighted by atomic mass is 16.2. The predicted molar refractivity (Wildman–Crippen MR) is 143 cm³/mol. The van der Waals surface area contributed by atoms with Crippen LogP contribution in [0, 0.1) is 10.8 Å². The van der Waals surface area contributed by atoms with E-state index in [-0.39, 0.29) is 12.5 Å². The van der Waals surface area contributed by atoms with Crippen molar-refractivity contribution < 1.29 is 28.8 Å². The van der Waals surface area contributed by atoms with Gasteiger partial charge >= 0.3 is 6.03 Å². The molecule has 1 aliphatic heterocycles. The summed E-state index contributed by atoms with van der Waals surface area (Å²) < 4.78 is 0. The van der Waals surface area contributed by atoms with E-state index < -0.39 is 70.1 Å². The molecule has 0 aromatic rings. The molecule has 0 aromatic heterocycles. The summed E-state index contributed by atoms with van der Waals surface area (Å²) in [5.41, 5.74) is 3.15. The van der Waals surface area contributed by atoms with Crippen molar-refractivity contribution >= 4 is 35.4 Å². The number of carbonyl (C=O) groups is 6. The van der Waals surface area contributed by atoms with E-state index in [1.165, 1.54) is 11.8 Å². The number of nitrogens with one attached hydrogen (secondary N) is 4. The normalized spacial score (nSPS) is 18.6. The van der Waals surface area contributed by atoms with Gasteiger partial charge in [0.1, 0.15) is 18.1 Å². The summed E-state index contributed by atoms with van der Waals surface area (Å²) in [7, 11) is 0. The molecular weight excluding hydrogens is 492 g/mol. The summed E-state index contributed by atoms with van der Waals surface area (Å²) in [4.78, 5) is 76.9. The number of hydrogen-bond acceptors (Lipinski definition) is 6.